The second kappa shape index (κ2) is 1.99. The van der Waals surface area contributed by atoms with Crippen molar-refractivity contribution in [3.63, 3.8) is 0 Å². The van der Waals surface area contributed by atoms with Crippen LogP contribution in [-0.4, -0.2) is 11.5 Å². The number of rotatable bonds is 4. The van der Waals surface area contributed by atoms with E-state index in [0.717, 1.165) is 23.0 Å². The van der Waals surface area contributed by atoms with Gasteiger partial charge in [0.05, 0.1) is 11.5 Å². The van der Waals surface area contributed by atoms with Crippen LogP contribution in [0.4, 0.5) is 0 Å². The number of hydrogen-bond donors (Lipinski definition) is 0. The first-order valence-electron chi connectivity index (χ1n) is 2.74. The van der Waals surface area contributed by atoms with Crippen molar-refractivity contribution in [3.05, 3.63) is 24.0 Å². The third kappa shape index (κ3) is 1.68. The predicted octanol–water partition coefficient (Wildman–Crippen LogP) is 1.46. The Hall–Kier alpha value is -0.570. The lowest BCUT2D eigenvalue weighted by atomic mass is 10.7. The zero-order valence-electron chi connectivity index (χ0n) is 4.79. The van der Waals surface area contributed by atoms with E-state index in [1.54, 1.807) is 12.5 Å². The molecule has 0 aromatic heterocycles. The van der Waals surface area contributed by atoms with Gasteiger partial charge in [-0.25, -0.2) is 0 Å². The SMILES string of the molecule is C1=C(CSCC2=CO2)O1. The molecule has 0 aromatic rings. The predicted molar refractivity (Wildman–Crippen MR) is 35.7 cm³/mol. The minimum atomic E-state index is 0.987. The fraction of sp³-hybridized carbons (Fsp3) is 0.333. The molecule has 0 aromatic carbocycles. The highest BCUT2D eigenvalue weighted by molar-refractivity contribution is 7.99. The molecule has 0 saturated heterocycles. The summed E-state index contributed by atoms with van der Waals surface area (Å²) in [6, 6.07) is 0. The zero-order chi connectivity index (χ0) is 6.10. The zero-order valence-corrected chi connectivity index (χ0v) is 5.61. The average Bonchev–Trinajstić information content (AvgIpc) is 2.57. The van der Waals surface area contributed by atoms with E-state index in [9.17, 15) is 0 Å². The topological polar surface area (TPSA) is 25.1 Å². The van der Waals surface area contributed by atoms with E-state index in [1.807, 2.05) is 11.8 Å². The standard InChI is InChI=1S/C6H6O2S/c1-5(7-1)3-9-4-6-2-8-6/h1-2H,3-4H2. The smallest absolute Gasteiger partial charge is 0.148 e. The van der Waals surface area contributed by atoms with E-state index < -0.39 is 0 Å². The van der Waals surface area contributed by atoms with Gasteiger partial charge in [0.15, 0.2) is 0 Å². The molecular formula is C6H6O2S. The van der Waals surface area contributed by atoms with Crippen LogP contribution in [0.3, 0.4) is 0 Å². The van der Waals surface area contributed by atoms with Gasteiger partial charge in [-0.2, -0.15) is 0 Å². The van der Waals surface area contributed by atoms with Gasteiger partial charge in [0, 0.05) is 0 Å². The second-order valence-electron chi connectivity index (χ2n) is 1.90. The van der Waals surface area contributed by atoms with Gasteiger partial charge in [-0.15, -0.1) is 11.8 Å². The van der Waals surface area contributed by atoms with Crippen LogP contribution < -0.4 is 0 Å². The third-order valence-electron chi connectivity index (χ3n) is 1.06. The summed E-state index contributed by atoms with van der Waals surface area (Å²) in [6.07, 6.45) is 3.55. The molecule has 3 heteroatoms. The van der Waals surface area contributed by atoms with Gasteiger partial charge in [0.2, 0.25) is 0 Å². The first-order valence-corrected chi connectivity index (χ1v) is 3.90. The quantitative estimate of drug-likeness (QED) is 0.594. The van der Waals surface area contributed by atoms with E-state index in [4.69, 9.17) is 9.47 Å². The number of hydrogen-bond acceptors (Lipinski definition) is 3. The van der Waals surface area contributed by atoms with Crippen LogP contribution in [0.1, 0.15) is 0 Å². The van der Waals surface area contributed by atoms with Crippen LogP contribution in [0.2, 0.25) is 0 Å². The molecule has 2 nitrogen and oxygen atoms in total. The van der Waals surface area contributed by atoms with Crippen molar-refractivity contribution in [2.45, 2.75) is 0 Å². The minimum absolute atomic E-state index is 0.987. The lowest BCUT2D eigenvalue weighted by Gasteiger charge is -1.87. The monoisotopic (exact) mass is 142 g/mol. The van der Waals surface area contributed by atoms with Crippen molar-refractivity contribution in [2.24, 2.45) is 0 Å². The molecule has 0 aliphatic carbocycles. The first kappa shape index (κ1) is 5.23. The van der Waals surface area contributed by atoms with Crippen LogP contribution in [-0.2, 0) is 9.47 Å². The van der Waals surface area contributed by atoms with E-state index in [2.05, 4.69) is 0 Å². The molecule has 0 fully saturated rings. The van der Waals surface area contributed by atoms with Crippen molar-refractivity contribution in [1.82, 2.24) is 0 Å². The van der Waals surface area contributed by atoms with Gasteiger partial charge in [-0.1, -0.05) is 0 Å². The second-order valence-corrected chi connectivity index (χ2v) is 2.88. The molecule has 2 rings (SSSR count). The molecule has 0 radical (unpaired) electrons. The van der Waals surface area contributed by atoms with Crippen molar-refractivity contribution in [2.75, 3.05) is 11.5 Å². The summed E-state index contributed by atoms with van der Waals surface area (Å²) in [6.45, 7) is 0. The highest BCUT2D eigenvalue weighted by Crippen LogP contribution is 2.24. The summed E-state index contributed by atoms with van der Waals surface area (Å²) in [4.78, 5) is 0. The molecule has 0 bridgehead atoms. The largest absolute Gasteiger partial charge is 0.462 e. The maximum atomic E-state index is 4.82. The molecule has 0 amide bonds. The first-order chi connectivity index (χ1) is 4.45. The lowest BCUT2D eigenvalue weighted by molar-refractivity contribution is 0.503. The molecule has 0 N–H and O–H groups in total. The molecule has 0 unspecified atom stereocenters. The van der Waals surface area contributed by atoms with E-state index in [1.165, 1.54) is 0 Å². The molecule has 0 saturated carbocycles. The van der Waals surface area contributed by atoms with Crippen molar-refractivity contribution < 1.29 is 9.47 Å². The Labute approximate surface area is 57.5 Å². The highest BCUT2D eigenvalue weighted by atomic mass is 32.2. The Bertz CT molecular complexity index is 163. The van der Waals surface area contributed by atoms with Crippen LogP contribution in [0.15, 0.2) is 24.0 Å². The molecule has 2 heterocycles. The van der Waals surface area contributed by atoms with Crippen LogP contribution >= 0.6 is 11.8 Å². The van der Waals surface area contributed by atoms with Crippen molar-refractivity contribution in [3.8, 4) is 0 Å². The van der Waals surface area contributed by atoms with E-state index in [0.29, 0.717) is 0 Å². The Balaban J connectivity index is 1.56. The van der Waals surface area contributed by atoms with E-state index >= 15 is 0 Å². The fourth-order valence-electron chi connectivity index (χ4n) is 0.472. The van der Waals surface area contributed by atoms with Crippen molar-refractivity contribution >= 4 is 11.8 Å². The molecule has 2 aliphatic heterocycles. The molecule has 0 spiro atoms. The summed E-state index contributed by atoms with van der Waals surface area (Å²) in [7, 11) is 0. The molecule has 0 atom stereocenters. The van der Waals surface area contributed by atoms with Gasteiger partial charge >= 0.3 is 0 Å². The fourth-order valence-corrected chi connectivity index (χ4v) is 1.25. The minimum Gasteiger partial charge on any atom is -0.462 e. The lowest BCUT2D eigenvalue weighted by Crippen LogP contribution is -1.78. The maximum absolute atomic E-state index is 4.82. The van der Waals surface area contributed by atoms with Gasteiger partial charge in [0.1, 0.15) is 24.0 Å². The summed E-state index contributed by atoms with van der Waals surface area (Å²) < 4.78 is 9.64. The molecule has 9 heavy (non-hydrogen) atoms. The average molecular weight is 142 g/mol. The molecule has 48 valence electrons. The molecular weight excluding hydrogens is 136 g/mol. The van der Waals surface area contributed by atoms with Crippen LogP contribution in [0.5, 0.6) is 0 Å². The number of ether oxygens (including phenoxy) is 2. The summed E-state index contributed by atoms with van der Waals surface area (Å²) in [5.74, 6) is 4.17. The van der Waals surface area contributed by atoms with Crippen molar-refractivity contribution in [1.29, 1.82) is 0 Å². The van der Waals surface area contributed by atoms with Gasteiger partial charge < -0.3 is 9.47 Å². The highest BCUT2D eigenvalue weighted by Gasteiger charge is 2.13. The Morgan fingerprint density at radius 1 is 1.11 bits per heavy atom. The summed E-state index contributed by atoms with van der Waals surface area (Å²) >= 11 is 1.81. The number of thioether (sulfide) groups is 1. The normalized spacial score (nSPS) is 19.1. The Morgan fingerprint density at radius 3 is 1.89 bits per heavy atom. The molecule has 2 aliphatic rings. The maximum Gasteiger partial charge on any atom is 0.148 e. The third-order valence-corrected chi connectivity index (χ3v) is 2.03. The van der Waals surface area contributed by atoms with Crippen LogP contribution in [0, 0.1) is 0 Å². The Kier molecular flexibility index (Phi) is 1.16. The van der Waals surface area contributed by atoms with Gasteiger partial charge in [-0.3, -0.25) is 0 Å². The summed E-state index contributed by atoms with van der Waals surface area (Å²) in [5, 5.41) is 0. The van der Waals surface area contributed by atoms with Gasteiger partial charge in [-0.05, 0) is 0 Å². The summed E-state index contributed by atoms with van der Waals surface area (Å²) in [5.41, 5.74) is 0. The van der Waals surface area contributed by atoms with E-state index in [-0.39, 0.29) is 0 Å². The Morgan fingerprint density at radius 2 is 1.56 bits per heavy atom. The van der Waals surface area contributed by atoms with Crippen LogP contribution in [0.25, 0.3) is 0 Å². The van der Waals surface area contributed by atoms with Gasteiger partial charge in [0.25, 0.3) is 0 Å².